The van der Waals surface area contributed by atoms with Gasteiger partial charge in [-0.3, -0.25) is 0 Å². The van der Waals surface area contributed by atoms with E-state index in [0.717, 1.165) is 0 Å². The minimum Gasteiger partial charge on any atom is -0.493 e. The van der Waals surface area contributed by atoms with Gasteiger partial charge in [-0.2, -0.15) is 0 Å². The molecule has 0 saturated carbocycles. The van der Waals surface area contributed by atoms with Crippen LogP contribution in [0.3, 0.4) is 0 Å². The Bertz CT molecular complexity index is 981. The van der Waals surface area contributed by atoms with Crippen LogP contribution in [0.5, 0.6) is 34.5 Å². The van der Waals surface area contributed by atoms with Crippen molar-refractivity contribution in [2.75, 3.05) is 42.7 Å². The van der Waals surface area contributed by atoms with Gasteiger partial charge in [-0.15, -0.1) is 0 Å². The van der Waals surface area contributed by atoms with Gasteiger partial charge in [0, 0.05) is 11.1 Å². The Hall–Kier alpha value is -3.82. The number of benzene rings is 2. The summed E-state index contributed by atoms with van der Waals surface area (Å²) in [6.07, 6.45) is 0. The summed E-state index contributed by atoms with van der Waals surface area (Å²) in [7, 11) is 7.94. The average molecular weight is 422 g/mol. The maximum absolute atomic E-state index is 12.1. The number of carbonyl (C=O) groups is 2. The van der Waals surface area contributed by atoms with Gasteiger partial charge in [0.1, 0.15) is 5.56 Å². The molecule has 0 unspecified atom stereocenters. The highest BCUT2D eigenvalue weighted by Crippen LogP contribution is 2.53. The van der Waals surface area contributed by atoms with Gasteiger partial charge in [-0.05, 0) is 12.1 Å². The van der Waals surface area contributed by atoms with Gasteiger partial charge >= 0.3 is 11.9 Å². The molecule has 0 atom stereocenters. The summed E-state index contributed by atoms with van der Waals surface area (Å²) >= 11 is 0. The van der Waals surface area contributed by atoms with Crippen molar-refractivity contribution < 1.29 is 48.2 Å². The Morgan fingerprint density at radius 3 is 1.50 bits per heavy atom. The van der Waals surface area contributed by atoms with Gasteiger partial charge in [0.15, 0.2) is 23.0 Å². The number of aromatic carboxylic acids is 2. The highest BCUT2D eigenvalue weighted by Gasteiger charge is 2.31. The number of carboxylic acids is 2. The zero-order valence-corrected chi connectivity index (χ0v) is 17.3. The number of carboxylic acid groups (broad SMARTS) is 2. The molecule has 162 valence electrons. The van der Waals surface area contributed by atoms with E-state index in [1.165, 1.54) is 54.8 Å². The van der Waals surface area contributed by atoms with E-state index >= 15 is 0 Å². The van der Waals surface area contributed by atoms with Crippen LogP contribution >= 0.6 is 0 Å². The molecule has 0 heterocycles. The highest BCUT2D eigenvalue weighted by atomic mass is 16.5. The Morgan fingerprint density at radius 1 is 0.600 bits per heavy atom. The van der Waals surface area contributed by atoms with Crippen molar-refractivity contribution in [1.29, 1.82) is 0 Å². The average Bonchev–Trinajstić information content (AvgIpc) is 2.75. The summed E-state index contributed by atoms with van der Waals surface area (Å²) in [5, 5.41) is 19.5. The van der Waals surface area contributed by atoms with Gasteiger partial charge < -0.3 is 38.6 Å². The lowest BCUT2D eigenvalue weighted by Gasteiger charge is -2.22. The molecule has 10 heteroatoms. The summed E-state index contributed by atoms with van der Waals surface area (Å²) < 4.78 is 32.0. The maximum atomic E-state index is 12.1. The van der Waals surface area contributed by atoms with E-state index < -0.39 is 11.9 Å². The van der Waals surface area contributed by atoms with Crippen LogP contribution < -0.4 is 28.4 Å². The standard InChI is InChI=1S/C20H22O10/c1-25-12-8-10(19(21)22)13(17(29-5)16(12)28-4)9-7-11(20(23)24)15(27-3)18(30-6)14(9)26-2/h7-8H,1-6H3,(H,21,22)(H,23,24). The Kier molecular flexibility index (Phi) is 6.83. The lowest BCUT2D eigenvalue weighted by atomic mass is 9.94. The third-order valence-corrected chi connectivity index (χ3v) is 4.36. The van der Waals surface area contributed by atoms with Gasteiger partial charge in [0.25, 0.3) is 0 Å². The van der Waals surface area contributed by atoms with Crippen molar-refractivity contribution >= 4 is 11.9 Å². The maximum Gasteiger partial charge on any atom is 0.339 e. The predicted octanol–water partition coefficient (Wildman–Crippen LogP) is 2.80. The summed E-state index contributed by atoms with van der Waals surface area (Å²) in [5.41, 5.74) is -0.393. The van der Waals surface area contributed by atoms with Crippen LogP contribution in [0.15, 0.2) is 12.1 Å². The minimum atomic E-state index is -1.31. The van der Waals surface area contributed by atoms with Crippen LogP contribution in [-0.2, 0) is 0 Å². The molecular weight excluding hydrogens is 400 g/mol. The predicted molar refractivity (Wildman–Crippen MR) is 105 cm³/mol. The number of rotatable bonds is 9. The van der Waals surface area contributed by atoms with E-state index in [4.69, 9.17) is 28.4 Å². The molecule has 0 bridgehead atoms. The van der Waals surface area contributed by atoms with E-state index in [1.54, 1.807) is 0 Å². The molecule has 0 amide bonds. The third kappa shape index (κ3) is 3.59. The summed E-state index contributed by atoms with van der Waals surface area (Å²) in [5.74, 6) is -2.43. The summed E-state index contributed by atoms with van der Waals surface area (Å²) in [6, 6.07) is 2.47. The molecule has 0 aromatic heterocycles. The molecule has 2 aromatic carbocycles. The number of hydrogen-bond acceptors (Lipinski definition) is 8. The first-order valence-electron chi connectivity index (χ1n) is 8.43. The quantitative estimate of drug-likeness (QED) is 0.622. The lowest BCUT2D eigenvalue weighted by Crippen LogP contribution is -2.09. The molecule has 0 aliphatic rings. The van der Waals surface area contributed by atoms with E-state index in [9.17, 15) is 19.8 Å². The highest BCUT2D eigenvalue weighted by molar-refractivity contribution is 6.04. The fourth-order valence-electron chi connectivity index (χ4n) is 3.15. The first kappa shape index (κ1) is 22.5. The van der Waals surface area contributed by atoms with Crippen molar-refractivity contribution in [2.45, 2.75) is 0 Å². The molecule has 0 radical (unpaired) electrons. The van der Waals surface area contributed by atoms with Crippen LogP contribution in [0.25, 0.3) is 11.1 Å². The van der Waals surface area contributed by atoms with Crippen LogP contribution in [-0.4, -0.2) is 64.8 Å². The van der Waals surface area contributed by atoms with Crippen molar-refractivity contribution in [3.8, 4) is 45.6 Å². The first-order chi connectivity index (χ1) is 14.3. The molecule has 0 aliphatic carbocycles. The number of hydrogen-bond donors (Lipinski definition) is 2. The summed E-state index contributed by atoms with van der Waals surface area (Å²) in [6.45, 7) is 0. The molecule has 2 aromatic rings. The number of methoxy groups -OCH3 is 6. The van der Waals surface area contributed by atoms with E-state index in [1.807, 2.05) is 0 Å². The molecule has 2 N–H and O–H groups in total. The zero-order valence-electron chi connectivity index (χ0n) is 17.3. The molecule has 10 nitrogen and oxygen atoms in total. The van der Waals surface area contributed by atoms with Crippen LogP contribution in [0, 0.1) is 0 Å². The van der Waals surface area contributed by atoms with Crippen LogP contribution in [0.1, 0.15) is 20.7 Å². The van der Waals surface area contributed by atoms with E-state index in [0.29, 0.717) is 0 Å². The topological polar surface area (TPSA) is 130 Å². The first-order valence-corrected chi connectivity index (χ1v) is 8.43. The second-order valence-electron chi connectivity index (χ2n) is 5.75. The van der Waals surface area contributed by atoms with Crippen molar-refractivity contribution in [2.24, 2.45) is 0 Å². The monoisotopic (exact) mass is 422 g/mol. The minimum absolute atomic E-state index is 0.0103. The Labute approximate surface area is 172 Å². The van der Waals surface area contributed by atoms with E-state index in [-0.39, 0.29) is 56.8 Å². The molecule has 2 rings (SSSR count). The van der Waals surface area contributed by atoms with Crippen LogP contribution in [0.2, 0.25) is 0 Å². The lowest BCUT2D eigenvalue weighted by molar-refractivity contribution is 0.0684. The van der Waals surface area contributed by atoms with Crippen molar-refractivity contribution in [3.05, 3.63) is 23.3 Å². The van der Waals surface area contributed by atoms with Crippen molar-refractivity contribution in [1.82, 2.24) is 0 Å². The van der Waals surface area contributed by atoms with Crippen molar-refractivity contribution in [3.63, 3.8) is 0 Å². The second-order valence-corrected chi connectivity index (χ2v) is 5.75. The third-order valence-electron chi connectivity index (χ3n) is 4.36. The Balaban J connectivity index is 3.15. The molecule has 0 saturated heterocycles. The normalized spacial score (nSPS) is 10.2. The molecule has 0 fully saturated rings. The van der Waals surface area contributed by atoms with Crippen LogP contribution in [0.4, 0.5) is 0 Å². The fraction of sp³-hybridized carbons (Fsp3) is 0.300. The molecular formula is C20H22O10. The smallest absolute Gasteiger partial charge is 0.339 e. The molecule has 30 heavy (non-hydrogen) atoms. The van der Waals surface area contributed by atoms with Gasteiger partial charge in [0.05, 0.1) is 48.2 Å². The second kappa shape index (κ2) is 9.12. The fourth-order valence-corrected chi connectivity index (χ4v) is 3.15. The SMILES string of the molecule is COc1cc(C(=O)O)c(-c2cc(C(=O)O)c(OC)c(OC)c2OC)c(OC)c1OC. The molecule has 0 aliphatic heterocycles. The van der Waals surface area contributed by atoms with Gasteiger partial charge in [-0.1, -0.05) is 0 Å². The van der Waals surface area contributed by atoms with Gasteiger partial charge in [0.2, 0.25) is 11.5 Å². The van der Waals surface area contributed by atoms with E-state index in [2.05, 4.69) is 0 Å². The largest absolute Gasteiger partial charge is 0.493 e. The summed E-state index contributed by atoms with van der Waals surface area (Å²) in [4.78, 5) is 23.9. The molecule has 0 spiro atoms. The number of ether oxygens (including phenoxy) is 6. The Morgan fingerprint density at radius 2 is 1.10 bits per heavy atom. The van der Waals surface area contributed by atoms with Gasteiger partial charge in [-0.25, -0.2) is 9.59 Å². The zero-order chi connectivity index (χ0) is 22.6.